The Labute approximate surface area is 151 Å². The lowest BCUT2D eigenvalue weighted by Crippen LogP contribution is -2.19. The van der Waals surface area contributed by atoms with Crippen LogP contribution in [0, 0.1) is 3.57 Å². The van der Waals surface area contributed by atoms with Crippen molar-refractivity contribution in [2.45, 2.75) is 0 Å². The zero-order chi connectivity index (χ0) is 15.5. The Bertz CT molecular complexity index is 804. The van der Waals surface area contributed by atoms with E-state index in [1.807, 2.05) is 48.5 Å². The van der Waals surface area contributed by atoms with Crippen molar-refractivity contribution >= 4 is 68.8 Å². The standard InChI is InChI=1S/C16H10ClIN2OS/c17-11-5-3-4-10(8-11)9-14-15(21)20-16(22-14)19-13-7-2-1-6-12(13)18/h1-9H,(H,19,20,21)/b14-9+. The molecule has 3 nitrogen and oxygen atoms in total. The SMILES string of the molecule is O=C1NC(=Nc2ccccc2I)S/C1=C/c1cccc(Cl)c1. The van der Waals surface area contributed by atoms with Crippen LogP contribution in [0.3, 0.4) is 0 Å². The first kappa shape index (κ1) is 15.6. The summed E-state index contributed by atoms with van der Waals surface area (Å²) in [7, 11) is 0. The largest absolute Gasteiger partial charge is 0.300 e. The molecular formula is C16H10ClIN2OS. The Balaban J connectivity index is 1.86. The lowest BCUT2D eigenvalue weighted by Gasteiger charge is -1.98. The number of thioether (sulfide) groups is 1. The molecule has 1 fully saturated rings. The van der Waals surface area contributed by atoms with Crippen LogP contribution in [0.25, 0.3) is 6.08 Å². The van der Waals surface area contributed by atoms with E-state index in [2.05, 4.69) is 32.9 Å². The zero-order valence-electron chi connectivity index (χ0n) is 11.2. The molecule has 0 aliphatic carbocycles. The summed E-state index contributed by atoms with van der Waals surface area (Å²) in [5.41, 5.74) is 1.73. The highest BCUT2D eigenvalue weighted by molar-refractivity contribution is 14.1. The molecule has 6 heteroatoms. The maximum absolute atomic E-state index is 12.0. The number of hydrogen-bond acceptors (Lipinski definition) is 3. The lowest BCUT2D eigenvalue weighted by molar-refractivity contribution is -0.115. The van der Waals surface area contributed by atoms with Gasteiger partial charge in [0.25, 0.3) is 5.91 Å². The quantitative estimate of drug-likeness (QED) is 0.536. The number of amidine groups is 1. The van der Waals surface area contributed by atoms with Crippen LogP contribution in [0.15, 0.2) is 58.4 Å². The summed E-state index contributed by atoms with van der Waals surface area (Å²) in [5, 5.41) is 4.01. The highest BCUT2D eigenvalue weighted by Gasteiger charge is 2.23. The molecule has 1 amide bonds. The molecule has 0 atom stereocenters. The van der Waals surface area contributed by atoms with Gasteiger partial charge in [0.05, 0.1) is 10.6 Å². The Hall–Kier alpha value is -1.31. The van der Waals surface area contributed by atoms with Gasteiger partial charge in [0.15, 0.2) is 5.17 Å². The molecule has 110 valence electrons. The molecule has 1 N–H and O–H groups in total. The van der Waals surface area contributed by atoms with Gasteiger partial charge in [-0.05, 0) is 70.3 Å². The molecule has 0 spiro atoms. The van der Waals surface area contributed by atoms with Crippen LogP contribution in [-0.4, -0.2) is 11.1 Å². The molecule has 0 aromatic heterocycles. The first-order valence-corrected chi connectivity index (χ1v) is 8.69. The molecule has 2 aromatic carbocycles. The van der Waals surface area contributed by atoms with Crippen molar-refractivity contribution in [2.75, 3.05) is 0 Å². The smallest absolute Gasteiger partial charge is 0.264 e. The van der Waals surface area contributed by atoms with Gasteiger partial charge in [0.1, 0.15) is 0 Å². The van der Waals surface area contributed by atoms with Crippen molar-refractivity contribution in [3.05, 3.63) is 67.6 Å². The van der Waals surface area contributed by atoms with Gasteiger partial charge in [-0.3, -0.25) is 4.79 Å². The second-order valence-electron chi connectivity index (χ2n) is 4.49. The predicted octanol–water partition coefficient (Wildman–Crippen LogP) is 4.84. The summed E-state index contributed by atoms with van der Waals surface area (Å²) in [6.07, 6.45) is 1.81. The number of nitrogens with zero attached hydrogens (tertiary/aromatic N) is 1. The minimum absolute atomic E-state index is 0.144. The van der Waals surface area contributed by atoms with Crippen LogP contribution in [0.4, 0.5) is 5.69 Å². The van der Waals surface area contributed by atoms with E-state index >= 15 is 0 Å². The molecule has 1 aliphatic rings. The number of carbonyl (C=O) groups excluding carboxylic acids is 1. The number of amides is 1. The molecule has 0 saturated carbocycles. The maximum atomic E-state index is 12.0. The molecule has 22 heavy (non-hydrogen) atoms. The van der Waals surface area contributed by atoms with E-state index in [1.165, 1.54) is 11.8 Å². The van der Waals surface area contributed by atoms with Crippen molar-refractivity contribution in [2.24, 2.45) is 4.99 Å². The van der Waals surface area contributed by atoms with Crippen LogP contribution < -0.4 is 5.32 Å². The Kier molecular flexibility index (Phi) is 4.85. The first-order valence-electron chi connectivity index (χ1n) is 6.41. The molecule has 0 unspecified atom stereocenters. The number of para-hydroxylation sites is 1. The fraction of sp³-hybridized carbons (Fsp3) is 0. The first-order chi connectivity index (χ1) is 10.6. The van der Waals surface area contributed by atoms with Crippen molar-refractivity contribution in [3.8, 4) is 0 Å². The lowest BCUT2D eigenvalue weighted by atomic mass is 10.2. The van der Waals surface area contributed by atoms with Crippen LogP contribution in [-0.2, 0) is 4.79 Å². The van der Waals surface area contributed by atoms with Crippen LogP contribution in [0.2, 0.25) is 5.02 Å². The minimum Gasteiger partial charge on any atom is -0.300 e. The summed E-state index contributed by atoms with van der Waals surface area (Å²) in [4.78, 5) is 17.1. The van der Waals surface area contributed by atoms with E-state index in [0.717, 1.165) is 14.8 Å². The summed E-state index contributed by atoms with van der Waals surface area (Å²) in [5.74, 6) is -0.144. The third-order valence-corrected chi connectivity index (χ3v) is 4.93. The normalized spacial score (nSPS) is 18.0. The van der Waals surface area contributed by atoms with Gasteiger partial charge in [0.2, 0.25) is 0 Å². The number of nitrogens with one attached hydrogen (secondary N) is 1. The Morgan fingerprint density at radius 2 is 2.00 bits per heavy atom. The van der Waals surface area contributed by atoms with Crippen LogP contribution in [0.1, 0.15) is 5.56 Å². The van der Waals surface area contributed by atoms with Crippen molar-refractivity contribution in [3.63, 3.8) is 0 Å². The highest BCUT2D eigenvalue weighted by Crippen LogP contribution is 2.29. The van der Waals surface area contributed by atoms with Gasteiger partial charge in [-0.15, -0.1) is 0 Å². The molecule has 1 heterocycles. The monoisotopic (exact) mass is 440 g/mol. The fourth-order valence-electron chi connectivity index (χ4n) is 1.88. The summed E-state index contributed by atoms with van der Waals surface area (Å²) < 4.78 is 1.04. The van der Waals surface area contributed by atoms with E-state index in [4.69, 9.17) is 11.6 Å². The highest BCUT2D eigenvalue weighted by atomic mass is 127. The van der Waals surface area contributed by atoms with E-state index in [9.17, 15) is 4.79 Å². The third kappa shape index (κ3) is 3.71. The zero-order valence-corrected chi connectivity index (χ0v) is 14.9. The number of aliphatic imine (C=N–C) groups is 1. The minimum atomic E-state index is -0.144. The number of hydrogen-bond donors (Lipinski definition) is 1. The second kappa shape index (κ2) is 6.85. The van der Waals surface area contributed by atoms with Crippen molar-refractivity contribution < 1.29 is 4.79 Å². The van der Waals surface area contributed by atoms with E-state index in [-0.39, 0.29) is 5.91 Å². The van der Waals surface area contributed by atoms with Gasteiger partial charge >= 0.3 is 0 Å². The number of benzene rings is 2. The average Bonchev–Trinajstić information content (AvgIpc) is 2.81. The molecule has 1 aliphatic heterocycles. The van der Waals surface area contributed by atoms with Crippen molar-refractivity contribution in [1.29, 1.82) is 0 Å². The van der Waals surface area contributed by atoms with Crippen LogP contribution >= 0.6 is 46.0 Å². The molecule has 1 saturated heterocycles. The second-order valence-corrected chi connectivity index (χ2v) is 7.12. The van der Waals surface area contributed by atoms with Gasteiger partial charge in [-0.2, -0.15) is 0 Å². The topological polar surface area (TPSA) is 41.5 Å². The fourth-order valence-corrected chi connectivity index (χ4v) is 3.42. The molecular weight excluding hydrogens is 431 g/mol. The predicted molar refractivity (Wildman–Crippen MR) is 101 cm³/mol. The summed E-state index contributed by atoms with van der Waals surface area (Å²) >= 11 is 9.51. The van der Waals surface area contributed by atoms with Gasteiger partial charge in [-0.1, -0.05) is 35.9 Å². The molecule has 0 bridgehead atoms. The average molecular weight is 441 g/mol. The number of carbonyl (C=O) groups is 1. The van der Waals surface area contributed by atoms with E-state index < -0.39 is 0 Å². The maximum Gasteiger partial charge on any atom is 0.264 e. The van der Waals surface area contributed by atoms with E-state index in [1.54, 1.807) is 6.07 Å². The summed E-state index contributed by atoms with van der Waals surface area (Å²) in [6.45, 7) is 0. The molecule has 0 radical (unpaired) electrons. The van der Waals surface area contributed by atoms with Gasteiger partial charge < -0.3 is 5.32 Å². The Morgan fingerprint density at radius 3 is 2.77 bits per heavy atom. The number of rotatable bonds is 2. The van der Waals surface area contributed by atoms with Gasteiger partial charge in [0, 0.05) is 8.59 Å². The van der Waals surface area contributed by atoms with Crippen LogP contribution in [0.5, 0.6) is 0 Å². The third-order valence-electron chi connectivity index (χ3n) is 2.87. The number of halogens is 2. The van der Waals surface area contributed by atoms with E-state index in [0.29, 0.717) is 15.1 Å². The summed E-state index contributed by atoms with van der Waals surface area (Å²) in [6, 6.07) is 15.1. The van der Waals surface area contributed by atoms with Crippen molar-refractivity contribution in [1.82, 2.24) is 5.32 Å². The molecule has 3 rings (SSSR count). The van der Waals surface area contributed by atoms with Gasteiger partial charge in [-0.25, -0.2) is 4.99 Å². The molecule has 2 aromatic rings. The Morgan fingerprint density at radius 1 is 1.18 bits per heavy atom.